The van der Waals surface area contributed by atoms with Crippen LogP contribution in [0.1, 0.15) is 22.8 Å². The molecule has 146 valence electrons. The molecule has 4 rings (SSSR count). The zero-order valence-corrected chi connectivity index (χ0v) is 16.8. The van der Waals surface area contributed by atoms with Gasteiger partial charge in [0.2, 0.25) is 5.91 Å². The van der Waals surface area contributed by atoms with E-state index in [9.17, 15) is 13.2 Å². The summed E-state index contributed by atoms with van der Waals surface area (Å²) in [6, 6.07) is 14.9. The maximum absolute atomic E-state index is 12.9. The number of fused-ring (bicyclic) bond motifs is 1. The van der Waals surface area contributed by atoms with Crippen molar-refractivity contribution in [1.29, 1.82) is 0 Å². The van der Waals surface area contributed by atoms with Crippen LogP contribution in [0, 0.1) is 0 Å². The van der Waals surface area contributed by atoms with Crippen LogP contribution in [0.4, 0.5) is 0 Å². The van der Waals surface area contributed by atoms with Crippen molar-refractivity contribution in [1.82, 2.24) is 9.88 Å². The van der Waals surface area contributed by atoms with Gasteiger partial charge in [-0.1, -0.05) is 48.0 Å². The van der Waals surface area contributed by atoms with Crippen molar-refractivity contribution >= 4 is 38.2 Å². The lowest BCUT2D eigenvalue weighted by Gasteiger charge is -2.20. The van der Waals surface area contributed by atoms with E-state index in [1.165, 1.54) is 0 Å². The molecule has 1 unspecified atom stereocenters. The molecule has 1 fully saturated rings. The Bertz CT molecular complexity index is 1120. The normalized spacial score (nSPS) is 19.5. The van der Waals surface area contributed by atoms with E-state index in [1.807, 2.05) is 30.5 Å². The van der Waals surface area contributed by atoms with Crippen molar-refractivity contribution in [3.63, 3.8) is 0 Å². The van der Waals surface area contributed by atoms with Crippen molar-refractivity contribution in [2.75, 3.05) is 18.8 Å². The highest BCUT2D eigenvalue weighted by Crippen LogP contribution is 2.34. The van der Waals surface area contributed by atoms with Crippen LogP contribution < -0.4 is 0 Å². The minimum absolute atomic E-state index is 0.0531. The van der Waals surface area contributed by atoms with E-state index >= 15 is 0 Å². The van der Waals surface area contributed by atoms with Crippen molar-refractivity contribution in [2.45, 2.75) is 18.1 Å². The molecule has 3 aromatic rings. The van der Waals surface area contributed by atoms with E-state index < -0.39 is 15.1 Å². The van der Waals surface area contributed by atoms with E-state index in [4.69, 9.17) is 11.6 Å². The number of sulfone groups is 1. The lowest BCUT2D eigenvalue weighted by atomic mass is 10.1. The Morgan fingerprint density at radius 1 is 1.11 bits per heavy atom. The first-order valence-electron chi connectivity index (χ1n) is 9.24. The lowest BCUT2D eigenvalue weighted by molar-refractivity contribution is -0.130. The van der Waals surface area contributed by atoms with Gasteiger partial charge in [-0.3, -0.25) is 4.79 Å². The van der Waals surface area contributed by atoms with E-state index in [-0.39, 0.29) is 24.6 Å². The summed E-state index contributed by atoms with van der Waals surface area (Å²) >= 11 is 6.24. The zero-order chi connectivity index (χ0) is 19.7. The summed E-state index contributed by atoms with van der Waals surface area (Å²) in [6.07, 6.45) is 2.45. The van der Waals surface area contributed by atoms with Gasteiger partial charge in [0.05, 0.1) is 17.4 Å². The third-order valence-corrected chi connectivity index (χ3v) is 7.81. The first kappa shape index (κ1) is 19.0. The third-order valence-electron chi connectivity index (χ3n) is 5.36. The Kier molecular flexibility index (Phi) is 5.17. The molecule has 1 atom stereocenters. The molecule has 1 aromatic heterocycles. The van der Waals surface area contributed by atoms with Gasteiger partial charge in [-0.2, -0.15) is 0 Å². The topological polar surface area (TPSA) is 70.2 Å². The summed E-state index contributed by atoms with van der Waals surface area (Å²) in [5, 5.41) is 0.800. The summed E-state index contributed by atoms with van der Waals surface area (Å²) in [5.41, 5.74) is 2.54. The predicted octanol–water partition coefficient (Wildman–Crippen LogP) is 3.75. The minimum Gasteiger partial charge on any atom is -0.361 e. The van der Waals surface area contributed by atoms with Crippen molar-refractivity contribution < 1.29 is 13.2 Å². The number of aromatic nitrogens is 1. The van der Waals surface area contributed by atoms with Gasteiger partial charge in [0.1, 0.15) is 0 Å². The van der Waals surface area contributed by atoms with Gasteiger partial charge >= 0.3 is 0 Å². The van der Waals surface area contributed by atoms with Crippen molar-refractivity contribution in [3.05, 3.63) is 70.9 Å². The number of nitrogens with one attached hydrogen (secondary N) is 1. The molecular formula is C21H21ClN2O3S. The van der Waals surface area contributed by atoms with Gasteiger partial charge in [0, 0.05) is 35.2 Å². The third kappa shape index (κ3) is 3.66. The number of carbonyl (C=O) groups excluding carboxylic acids is 1. The second-order valence-corrected chi connectivity index (χ2v) is 9.79. The first-order valence-corrected chi connectivity index (χ1v) is 11.3. The van der Waals surface area contributed by atoms with Crippen LogP contribution >= 0.6 is 11.6 Å². The molecule has 28 heavy (non-hydrogen) atoms. The molecule has 5 nitrogen and oxygen atoms in total. The van der Waals surface area contributed by atoms with Gasteiger partial charge in [-0.25, -0.2) is 8.42 Å². The van der Waals surface area contributed by atoms with Gasteiger partial charge in [-0.15, -0.1) is 0 Å². The second-order valence-electron chi connectivity index (χ2n) is 7.08. The molecule has 0 radical (unpaired) electrons. The molecule has 1 aliphatic heterocycles. The number of carbonyl (C=O) groups is 1. The monoisotopic (exact) mass is 416 g/mol. The van der Waals surface area contributed by atoms with Crippen LogP contribution in [0.5, 0.6) is 0 Å². The highest BCUT2D eigenvalue weighted by atomic mass is 35.5. The van der Waals surface area contributed by atoms with Gasteiger partial charge in [0.15, 0.2) is 9.84 Å². The number of H-pyrrole nitrogens is 1. The highest BCUT2D eigenvalue weighted by Gasteiger charge is 2.33. The van der Waals surface area contributed by atoms with Crippen molar-refractivity contribution in [2.24, 2.45) is 0 Å². The standard InChI is InChI=1S/C21H21ClN2O3S/c22-18-7-3-1-6-17(18)20-9-10-24(11-12-28(20,26)27)21(25)13-15-14-23-19-8-4-2-5-16(15)19/h1-8,14,20,23H,9-13H2. The Morgan fingerprint density at radius 3 is 2.68 bits per heavy atom. The molecule has 1 N–H and O–H groups in total. The van der Waals surface area contributed by atoms with Gasteiger partial charge in [-0.05, 0) is 29.7 Å². The van der Waals surface area contributed by atoms with Crippen LogP contribution in [0.3, 0.4) is 0 Å². The van der Waals surface area contributed by atoms with Crippen LogP contribution in [0.15, 0.2) is 54.7 Å². The highest BCUT2D eigenvalue weighted by molar-refractivity contribution is 7.91. The fraction of sp³-hybridized carbons (Fsp3) is 0.286. The molecule has 7 heteroatoms. The van der Waals surface area contributed by atoms with E-state index in [2.05, 4.69) is 4.98 Å². The number of amides is 1. The molecule has 0 bridgehead atoms. The molecule has 0 aliphatic carbocycles. The molecule has 0 saturated carbocycles. The Balaban J connectivity index is 1.53. The Hall–Kier alpha value is -2.31. The second kappa shape index (κ2) is 7.60. The maximum Gasteiger partial charge on any atom is 0.227 e. The first-order chi connectivity index (χ1) is 13.5. The fourth-order valence-corrected chi connectivity index (χ4v) is 5.98. The molecular weight excluding hydrogens is 396 g/mol. The molecule has 1 amide bonds. The number of hydrogen-bond donors (Lipinski definition) is 1. The zero-order valence-electron chi connectivity index (χ0n) is 15.3. The van der Waals surface area contributed by atoms with Crippen LogP contribution in [-0.2, 0) is 21.1 Å². The predicted molar refractivity (Wildman–Crippen MR) is 111 cm³/mol. The Morgan fingerprint density at radius 2 is 1.86 bits per heavy atom. The maximum atomic E-state index is 12.9. The molecule has 2 heterocycles. The lowest BCUT2D eigenvalue weighted by Crippen LogP contribution is -2.34. The molecule has 2 aromatic carbocycles. The summed E-state index contributed by atoms with van der Waals surface area (Å²) in [6.45, 7) is 0.612. The quantitative estimate of drug-likeness (QED) is 0.706. The number of para-hydroxylation sites is 1. The molecule has 0 spiro atoms. The molecule has 1 aliphatic rings. The van der Waals surface area contributed by atoms with E-state index in [0.29, 0.717) is 23.6 Å². The minimum atomic E-state index is -3.38. The number of hydrogen-bond acceptors (Lipinski definition) is 3. The average Bonchev–Trinajstić information content (AvgIpc) is 3.00. The van der Waals surface area contributed by atoms with E-state index in [0.717, 1.165) is 16.5 Å². The number of aromatic amines is 1. The van der Waals surface area contributed by atoms with Gasteiger partial charge < -0.3 is 9.88 Å². The number of rotatable bonds is 3. The number of nitrogens with zero attached hydrogens (tertiary/aromatic N) is 1. The van der Waals surface area contributed by atoms with Gasteiger partial charge in [0.25, 0.3) is 0 Å². The summed E-state index contributed by atoms with van der Waals surface area (Å²) in [7, 11) is -3.38. The number of benzene rings is 2. The number of halogens is 1. The van der Waals surface area contributed by atoms with Crippen LogP contribution in [0.2, 0.25) is 5.02 Å². The Labute approximate surface area is 169 Å². The SMILES string of the molecule is O=C(Cc1c[nH]c2ccccc12)N1CCC(c2ccccc2Cl)S(=O)(=O)CC1. The van der Waals surface area contributed by atoms with Crippen LogP contribution in [-0.4, -0.2) is 43.1 Å². The summed E-state index contributed by atoms with van der Waals surface area (Å²) < 4.78 is 25.6. The average molecular weight is 417 g/mol. The fourth-order valence-electron chi connectivity index (χ4n) is 3.83. The summed E-state index contributed by atoms with van der Waals surface area (Å²) in [4.78, 5) is 17.7. The van der Waals surface area contributed by atoms with Crippen LogP contribution in [0.25, 0.3) is 10.9 Å². The van der Waals surface area contributed by atoms with E-state index in [1.54, 1.807) is 29.2 Å². The van der Waals surface area contributed by atoms with Crippen molar-refractivity contribution in [3.8, 4) is 0 Å². The summed E-state index contributed by atoms with van der Waals surface area (Å²) in [5.74, 6) is -0.109. The molecule has 1 saturated heterocycles. The smallest absolute Gasteiger partial charge is 0.227 e. The largest absolute Gasteiger partial charge is 0.361 e.